The van der Waals surface area contributed by atoms with Crippen molar-refractivity contribution in [1.82, 2.24) is 4.98 Å². The third-order valence-corrected chi connectivity index (χ3v) is 6.62. The van der Waals surface area contributed by atoms with E-state index in [1.807, 2.05) is 6.07 Å². The Bertz CT molecular complexity index is 1150. The van der Waals surface area contributed by atoms with Gasteiger partial charge in [-0.15, -0.1) is 11.3 Å². The van der Waals surface area contributed by atoms with Crippen molar-refractivity contribution in [3.63, 3.8) is 0 Å². The van der Waals surface area contributed by atoms with Gasteiger partial charge in [0.15, 0.2) is 15.0 Å². The van der Waals surface area contributed by atoms with Crippen LogP contribution in [-0.4, -0.2) is 25.1 Å². The highest BCUT2D eigenvalue weighted by Gasteiger charge is 2.15. The molecule has 1 heterocycles. The van der Waals surface area contributed by atoms with Gasteiger partial charge in [-0.1, -0.05) is 12.1 Å². The summed E-state index contributed by atoms with van der Waals surface area (Å²) >= 11 is 1.26. The van der Waals surface area contributed by atoms with Crippen LogP contribution in [-0.2, 0) is 14.6 Å². The molecule has 0 unspecified atom stereocenters. The highest BCUT2D eigenvalue weighted by Crippen LogP contribution is 2.25. The van der Waals surface area contributed by atoms with Crippen molar-refractivity contribution in [3.05, 3.63) is 65.3 Å². The number of benzene rings is 2. The van der Waals surface area contributed by atoms with Gasteiger partial charge in [0.05, 0.1) is 28.0 Å². The van der Waals surface area contributed by atoms with Gasteiger partial charge in [-0.3, -0.25) is 4.79 Å². The normalized spacial score (nSPS) is 11.0. The molecule has 9 heteroatoms. The zero-order valence-electron chi connectivity index (χ0n) is 15.1. The molecule has 3 aromatic rings. The molecule has 1 aromatic heterocycles. The lowest BCUT2D eigenvalue weighted by atomic mass is 10.1. The molecule has 0 fully saturated rings. The molecule has 0 aliphatic heterocycles. The molecule has 148 valence electrons. The highest BCUT2D eigenvalue weighted by molar-refractivity contribution is 7.91. The standard InChI is InChI=1S/C20H16FN3O3S2/c21-16-7-9-17(10-8-16)29(26,27)11-1-2-19(25)24-20-23-18(13-28-20)15-5-3-14(12-22)4-6-15/h3-10,13H,1-2,11H2,(H,23,24,25). The number of hydrogen-bond donors (Lipinski definition) is 1. The Morgan fingerprint density at radius 3 is 2.48 bits per heavy atom. The Labute approximate surface area is 171 Å². The number of hydrogen-bond acceptors (Lipinski definition) is 6. The summed E-state index contributed by atoms with van der Waals surface area (Å²) < 4.78 is 37.3. The maximum absolute atomic E-state index is 12.9. The second-order valence-electron chi connectivity index (χ2n) is 6.15. The Morgan fingerprint density at radius 1 is 1.14 bits per heavy atom. The molecule has 6 nitrogen and oxygen atoms in total. The highest BCUT2D eigenvalue weighted by atomic mass is 32.2. The van der Waals surface area contributed by atoms with Crippen LogP contribution >= 0.6 is 11.3 Å². The third kappa shape index (κ3) is 5.47. The molecule has 0 saturated carbocycles. The Morgan fingerprint density at radius 2 is 1.83 bits per heavy atom. The summed E-state index contributed by atoms with van der Waals surface area (Å²) in [5.74, 6) is -1.05. The Kier molecular flexibility index (Phi) is 6.36. The van der Waals surface area contributed by atoms with Crippen molar-refractivity contribution in [1.29, 1.82) is 5.26 Å². The number of thiazole rings is 1. The van der Waals surface area contributed by atoms with Gasteiger partial charge in [0, 0.05) is 17.4 Å². The van der Waals surface area contributed by atoms with Crippen LogP contribution in [0.15, 0.2) is 58.8 Å². The number of amides is 1. The van der Waals surface area contributed by atoms with Crippen LogP contribution in [0, 0.1) is 17.1 Å². The number of halogens is 1. The molecule has 29 heavy (non-hydrogen) atoms. The molecule has 3 rings (SSSR count). The lowest BCUT2D eigenvalue weighted by molar-refractivity contribution is -0.116. The number of carbonyl (C=O) groups is 1. The zero-order valence-corrected chi connectivity index (χ0v) is 16.8. The number of rotatable bonds is 7. The van der Waals surface area contributed by atoms with Crippen molar-refractivity contribution in [2.45, 2.75) is 17.7 Å². The summed E-state index contributed by atoms with van der Waals surface area (Å²) in [6, 6.07) is 13.6. The van der Waals surface area contributed by atoms with Crippen molar-refractivity contribution in [2.75, 3.05) is 11.1 Å². The maximum Gasteiger partial charge on any atom is 0.226 e. The fraction of sp³-hybridized carbons (Fsp3) is 0.150. The van der Waals surface area contributed by atoms with Gasteiger partial charge < -0.3 is 5.32 Å². The van der Waals surface area contributed by atoms with Gasteiger partial charge in [0.2, 0.25) is 5.91 Å². The fourth-order valence-corrected chi connectivity index (χ4v) is 4.59. The lowest BCUT2D eigenvalue weighted by Crippen LogP contribution is -2.14. The lowest BCUT2D eigenvalue weighted by Gasteiger charge is -2.05. The number of carbonyl (C=O) groups excluding carboxylic acids is 1. The summed E-state index contributed by atoms with van der Waals surface area (Å²) in [7, 11) is -3.57. The first-order valence-corrected chi connectivity index (χ1v) is 11.1. The van der Waals surface area contributed by atoms with Crippen LogP contribution in [0.1, 0.15) is 18.4 Å². The molecule has 0 bridgehead atoms. The molecule has 0 aliphatic carbocycles. The molecule has 0 radical (unpaired) electrons. The molecule has 1 amide bonds. The average molecular weight is 429 g/mol. The number of nitrogens with one attached hydrogen (secondary N) is 1. The summed E-state index contributed by atoms with van der Waals surface area (Å²) in [5, 5.41) is 13.7. The van der Waals surface area contributed by atoms with Gasteiger partial charge in [0.1, 0.15) is 5.82 Å². The van der Waals surface area contributed by atoms with Crippen LogP contribution < -0.4 is 5.32 Å². The van der Waals surface area contributed by atoms with E-state index in [1.54, 1.807) is 29.6 Å². The van der Waals surface area contributed by atoms with E-state index in [1.165, 1.54) is 23.5 Å². The minimum absolute atomic E-state index is 0.0200. The van der Waals surface area contributed by atoms with E-state index in [2.05, 4.69) is 10.3 Å². The molecule has 0 atom stereocenters. The van der Waals surface area contributed by atoms with Gasteiger partial charge >= 0.3 is 0 Å². The van der Waals surface area contributed by atoms with Gasteiger partial charge in [-0.25, -0.2) is 17.8 Å². The number of nitriles is 1. The number of nitrogens with zero attached hydrogens (tertiary/aromatic N) is 2. The summed E-state index contributed by atoms with van der Waals surface area (Å²) in [5.41, 5.74) is 2.05. The summed E-state index contributed by atoms with van der Waals surface area (Å²) in [6.07, 6.45) is 0.158. The van der Waals surface area contributed by atoms with Gasteiger partial charge in [-0.2, -0.15) is 5.26 Å². The van der Waals surface area contributed by atoms with E-state index in [4.69, 9.17) is 5.26 Å². The minimum atomic E-state index is -3.57. The van der Waals surface area contributed by atoms with Gasteiger partial charge in [-0.05, 0) is 42.8 Å². The predicted molar refractivity (Wildman–Crippen MR) is 109 cm³/mol. The summed E-state index contributed by atoms with van der Waals surface area (Å²) in [6.45, 7) is 0. The fourth-order valence-electron chi connectivity index (χ4n) is 2.54. The van der Waals surface area contributed by atoms with E-state index in [9.17, 15) is 17.6 Å². The molecule has 0 aliphatic rings. The minimum Gasteiger partial charge on any atom is -0.302 e. The van der Waals surface area contributed by atoms with Crippen molar-refractivity contribution in [2.24, 2.45) is 0 Å². The summed E-state index contributed by atoms with van der Waals surface area (Å²) in [4.78, 5) is 16.5. The van der Waals surface area contributed by atoms with E-state index < -0.39 is 15.7 Å². The van der Waals surface area contributed by atoms with Crippen LogP contribution in [0.5, 0.6) is 0 Å². The van der Waals surface area contributed by atoms with Gasteiger partial charge in [0.25, 0.3) is 0 Å². The first-order valence-electron chi connectivity index (χ1n) is 8.61. The quantitative estimate of drug-likeness (QED) is 0.572. The SMILES string of the molecule is N#Cc1ccc(-c2csc(NC(=O)CCCS(=O)(=O)c3ccc(F)cc3)n2)cc1. The predicted octanol–water partition coefficient (Wildman–Crippen LogP) is 4.01. The first kappa shape index (κ1) is 20.6. The number of aromatic nitrogens is 1. The Balaban J connectivity index is 1.53. The monoisotopic (exact) mass is 429 g/mol. The molecular weight excluding hydrogens is 413 g/mol. The zero-order chi connectivity index (χ0) is 20.9. The van der Waals surface area contributed by atoms with Crippen molar-refractivity contribution >= 4 is 32.2 Å². The number of sulfone groups is 1. The molecule has 1 N–H and O–H groups in total. The smallest absolute Gasteiger partial charge is 0.226 e. The first-order chi connectivity index (χ1) is 13.9. The Hall–Kier alpha value is -3.09. The molecule has 0 spiro atoms. The average Bonchev–Trinajstić information content (AvgIpc) is 3.16. The van der Waals surface area contributed by atoms with Crippen LogP contribution in [0.2, 0.25) is 0 Å². The largest absolute Gasteiger partial charge is 0.302 e. The van der Waals surface area contributed by atoms with E-state index >= 15 is 0 Å². The second-order valence-corrected chi connectivity index (χ2v) is 9.12. The molecule has 2 aromatic carbocycles. The van der Waals surface area contributed by atoms with Crippen LogP contribution in [0.25, 0.3) is 11.3 Å². The third-order valence-electron chi connectivity index (χ3n) is 4.05. The maximum atomic E-state index is 12.9. The van der Waals surface area contributed by atoms with E-state index in [0.717, 1.165) is 17.7 Å². The van der Waals surface area contributed by atoms with Crippen LogP contribution in [0.3, 0.4) is 0 Å². The molecular formula is C20H16FN3O3S2. The van der Waals surface area contributed by atoms with Crippen molar-refractivity contribution in [3.8, 4) is 17.3 Å². The van der Waals surface area contributed by atoms with E-state index in [0.29, 0.717) is 16.4 Å². The number of anilines is 1. The second kappa shape index (κ2) is 8.94. The molecule has 0 saturated heterocycles. The topological polar surface area (TPSA) is 99.9 Å². The van der Waals surface area contributed by atoms with Crippen molar-refractivity contribution < 1.29 is 17.6 Å². The van der Waals surface area contributed by atoms with E-state index in [-0.39, 0.29) is 29.4 Å². The van der Waals surface area contributed by atoms with Crippen LogP contribution in [0.4, 0.5) is 9.52 Å².